The fourth-order valence-electron chi connectivity index (χ4n) is 0.467. The minimum atomic E-state index is 0.0342. The maximum absolute atomic E-state index is 10.7. The molecule has 0 aromatic carbocycles. The third-order valence-electron chi connectivity index (χ3n) is 1.07. The van der Waals surface area contributed by atoms with E-state index in [2.05, 4.69) is 26.5 Å². The molecule has 0 saturated carbocycles. The van der Waals surface area contributed by atoms with Crippen LogP contribution >= 0.6 is 30.1 Å². The predicted molar refractivity (Wildman–Crippen MR) is 50.0 cm³/mol. The van der Waals surface area contributed by atoms with E-state index in [4.69, 9.17) is 0 Å². The molecule has 0 aromatic rings. The molecule has 4 heteroatoms. The van der Waals surface area contributed by atoms with Crippen LogP contribution in [0.4, 0.5) is 0 Å². The van der Waals surface area contributed by atoms with Crippen LogP contribution in [0.2, 0.25) is 0 Å². The van der Waals surface area contributed by atoms with E-state index in [1.54, 1.807) is 22.9 Å². The monoisotopic (exact) mass is 259 g/mol. The van der Waals surface area contributed by atoms with E-state index in [1.165, 1.54) is 0 Å². The number of ketones is 1. The van der Waals surface area contributed by atoms with Crippen LogP contribution in [0.15, 0.2) is 0 Å². The Hall–Kier alpha value is 0.710. The lowest BCUT2D eigenvalue weighted by Gasteiger charge is -2.08. The molecule has 0 unspecified atom stereocenters. The molecular formula is C5H10INOS. The summed E-state index contributed by atoms with van der Waals surface area (Å²) in [5, 5.41) is 2.93. The lowest BCUT2D eigenvalue weighted by molar-refractivity contribution is -0.118. The number of nitrogens with one attached hydrogen (secondary N) is 1. The highest BCUT2D eigenvalue weighted by atomic mass is 127. The number of halogens is 1. The Morgan fingerprint density at radius 1 is 1.89 bits per heavy atom. The quantitative estimate of drug-likeness (QED) is 0.770. The van der Waals surface area contributed by atoms with Crippen molar-refractivity contribution < 1.29 is 4.79 Å². The average Bonchev–Trinajstić information content (AvgIpc) is 1.82. The van der Waals surface area contributed by atoms with Gasteiger partial charge in [-0.1, -0.05) is 8.93 Å². The molecule has 1 N–H and O–H groups in total. The van der Waals surface area contributed by atoms with Gasteiger partial charge in [-0.05, 0) is 35.2 Å². The van der Waals surface area contributed by atoms with Crippen molar-refractivity contribution in [1.82, 2.24) is 5.32 Å². The molecule has 0 aromatic heterocycles. The molecule has 0 spiro atoms. The summed E-state index contributed by atoms with van der Waals surface area (Å²) in [4.78, 5) is 10.7. The second kappa shape index (κ2) is 5.49. The van der Waals surface area contributed by atoms with Crippen LogP contribution in [-0.4, -0.2) is 24.6 Å². The van der Waals surface area contributed by atoms with E-state index >= 15 is 0 Å². The van der Waals surface area contributed by atoms with Crippen molar-refractivity contribution in [2.75, 3.05) is 12.8 Å². The first-order valence-corrected chi connectivity index (χ1v) is 6.16. The first kappa shape index (κ1) is 9.71. The standard InChI is InChI=1S/C5H10INOS/c1-4(8)5(7-2)3-9-6/h5,7H,3H2,1-2H3/t5-/m1/s1. The number of hydrogen-bond donors (Lipinski definition) is 1. The van der Waals surface area contributed by atoms with E-state index in [1.807, 2.05) is 0 Å². The van der Waals surface area contributed by atoms with Crippen LogP contribution in [0.1, 0.15) is 6.92 Å². The fourth-order valence-corrected chi connectivity index (χ4v) is 2.07. The molecule has 0 saturated heterocycles. The molecular weight excluding hydrogens is 249 g/mol. The Bertz CT molecular complexity index is 99.0. The topological polar surface area (TPSA) is 29.1 Å². The van der Waals surface area contributed by atoms with Gasteiger partial charge in [0.2, 0.25) is 0 Å². The molecule has 0 aliphatic carbocycles. The number of likely N-dealkylation sites (N-methyl/N-ethyl adjacent to an activating group) is 1. The molecule has 54 valence electrons. The largest absolute Gasteiger partial charge is 0.310 e. The number of carbonyl (C=O) groups excluding carboxylic acids is 1. The molecule has 0 rings (SSSR count). The molecule has 0 amide bonds. The van der Waals surface area contributed by atoms with Crippen molar-refractivity contribution in [2.45, 2.75) is 13.0 Å². The van der Waals surface area contributed by atoms with Crippen molar-refractivity contribution in [2.24, 2.45) is 0 Å². The van der Waals surface area contributed by atoms with Crippen LogP contribution in [0.3, 0.4) is 0 Å². The highest BCUT2D eigenvalue weighted by Gasteiger charge is 2.09. The summed E-state index contributed by atoms with van der Waals surface area (Å²) in [5.74, 6) is 1.06. The van der Waals surface area contributed by atoms with Gasteiger partial charge in [0.25, 0.3) is 0 Å². The highest BCUT2D eigenvalue weighted by Crippen LogP contribution is 2.11. The Balaban J connectivity index is 3.54. The van der Waals surface area contributed by atoms with Gasteiger partial charge in [0.1, 0.15) is 5.78 Å². The van der Waals surface area contributed by atoms with Crippen molar-refractivity contribution in [3.8, 4) is 0 Å². The second-order valence-electron chi connectivity index (χ2n) is 1.73. The third kappa shape index (κ3) is 4.16. The number of Topliss-reactive ketones (excluding diaryl/α,β-unsaturated/α-hetero) is 1. The third-order valence-corrected chi connectivity index (χ3v) is 2.61. The first-order valence-electron chi connectivity index (χ1n) is 2.63. The summed E-state index contributed by atoms with van der Waals surface area (Å²) in [6, 6.07) is 0.0342. The van der Waals surface area contributed by atoms with Crippen molar-refractivity contribution in [3.05, 3.63) is 0 Å². The van der Waals surface area contributed by atoms with E-state index in [0.717, 1.165) is 5.75 Å². The van der Waals surface area contributed by atoms with E-state index < -0.39 is 0 Å². The molecule has 2 nitrogen and oxygen atoms in total. The molecule has 1 atom stereocenters. The van der Waals surface area contributed by atoms with Gasteiger partial charge in [-0.15, -0.1) is 0 Å². The zero-order valence-corrected chi connectivity index (χ0v) is 8.45. The summed E-state index contributed by atoms with van der Waals surface area (Å²) >= 11 is 2.18. The van der Waals surface area contributed by atoms with E-state index in [9.17, 15) is 4.79 Å². The maximum atomic E-state index is 10.7. The average molecular weight is 259 g/mol. The predicted octanol–water partition coefficient (Wildman–Crippen LogP) is 1.25. The van der Waals surface area contributed by atoms with Gasteiger partial charge in [0.05, 0.1) is 6.04 Å². The second-order valence-corrected chi connectivity index (χ2v) is 4.15. The van der Waals surface area contributed by atoms with Crippen LogP contribution < -0.4 is 5.32 Å². The molecule has 9 heavy (non-hydrogen) atoms. The number of hydrogen-bond acceptors (Lipinski definition) is 3. The van der Waals surface area contributed by atoms with Gasteiger partial charge >= 0.3 is 0 Å². The van der Waals surface area contributed by atoms with Crippen LogP contribution in [0.5, 0.6) is 0 Å². The van der Waals surface area contributed by atoms with Crippen LogP contribution in [0, 0.1) is 0 Å². The van der Waals surface area contributed by atoms with Crippen molar-refractivity contribution in [1.29, 1.82) is 0 Å². The van der Waals surface area contributed by atoms with Gasteiger partial charge in [0, 0.05) is 5.75 Å². The smallest absolute Gasteiger partial charge is 0.147 e. The first-order chi connectivity index (χ1) is 4.22. The lowest BCUT2D eigenvalue weighted by atomic mass is 10.2. The Morgan fingerprint density at radius 3 is 2.56 bits per heavy atom. The van der Waals surface area contributed by atoms with Crippen molar-refractivity contribution >= 4 is 35.9 Å². The number of rotatable bonds is 4. The summed E-state index contributed by atoms with van der Waals surface area (Å²) in [6.45, 7) is 1.61. The van der Waals surface area contributed by atoms with Crippen LogP contribution in [0.25, 0.3) is 0 Å². The molecule has 0 aliphatic heterocycles. The molecule has 0 fully saturated rings. The normalized spacial score (nSPS) is 13.2. The summed E-state index contributed by atoms with van der Waals surface area (Å²) in [6.07, 6.45) is 0. The van der Waals surface area contributed by atoms with E-state index in [0.29, 0.717) is 0 Å². The summed E-state index contributed by atoms with van der Waals surface area (Å²) in [5.41, 5.74) is 0. The van der Waals surface area contributed by atoms with Gasteiger partial charge in [-0.3, -0.25) is 4.79 Å². The summed E-state index contributed by atoms with van der Waals surface area (Å²) in [7, 11) is 3.45. The SMILES string of the molecule is CN[C@H](CSI)C(C)=O. The Morgan fingerprint density at radius 2 is 2.44 bits per heavy atom. The molecule has 0 heterocycles. The van der Waals surface area contributed by atoms with Crippen LogP contribution in [-0.2, 0) is 4.79 Å². The van der Waals surface area contributed by atoms with Crippen molar-refractivity contribution in [3.63, 3.8) is 0 Å². The zero-order valence-electron chi connectivity index (χ0n) is 5.48. The zero-order chi connectivity index (χ0) is 7.28. The van der Waals surface area contributed by atoms with Gasteiger partial charge < -0.3 is 5.32 Å². The van der Waals surface area contributed by atoms with Gasteiger partial charge in [0.15, 0.2) is 0 Å². The number of carbonyl (C=O) groups is 1. The fraction of sp³-hybridized carbons (Fsp3) is 0.800. The highest BCUT2D eigenvalue weighted by molar-refractivity contribution is 14.2. The molecule has 0 bridgehead atoms. The van der Waals surface area contributed by atoms with E-state index in [-0.39, 0.29) is 11.8 Å². The Kier molecular flexibility index (Phi) is 5.92. The maximum Gasteiger partial charge on any atom is 0.147 e. The minimum Gasteiger partial charge on any atom is -0.310 e. The molecule has 0 radical (unpaired) electrons. The van der Waals surface area contributed by atoms with Gasteiger partial charge in [-0.2, -0.15) is 0 Å². The summed E-state index contributed by atoms with van der Waals surface area (Å²) < 4.78 is 0. The lowest BCUT2D eigenvalue weighted by Crippen LogP contribution is -2.34. The molecule has 0 aliphatic rings. The van der Waals surface area contributed by atoms with Gasteiger partial charge in [-0.25, -0.2) is 0 Å². The minimum absolute atomic E-state index is 0.0342. The Labute approximate surface area is 71.7 Å².